The van der Waals surface area contributed by atoms with Gasteiger partial charge >= 0.3 is 5.97 Å². The first-order chi connectivity index (χ1) is 16.8. The van der Waals surface area contributed by atoms with Gasteiger partial charge in [-0.3, -0.25) is 4.79 Å². The predicted molar refractivity (Wildman–Crippen MR) is 129 cm³/mol. The van der Waals surface area contributed by atoms with Gasteiger partial charge in [0.25, 0.3) is 0 Å². The fourth-order valence-electron chi connectivity index (χ4n) is 4.32. The Morgan fingerprint density at radius 2 is 1.86 bits per heavy atom. The number of para-hydroxylation sites is 2. The minimum atomic E-state index is -3.78. The summed E-state index contributed by atoms with van der Waals surface area (Å²) in [5.74, 6) is -0.277. The molecule has 35 heavy (non-hydrogen) atoms. The van der Waals surface area contributed by atoms with Crippen molar-refractivity contribution in [2.24, 2.45) is 5.92 Å². The number of anilines is 1. The molecule has 0 N–H and O–H groups in total. The normalized spacial score (nSPS) is 18.9. The minimum Gasteiger partial charge on any atom is -0.492 e. The van der Waals surface area contributed by atoms with Gasteiger partial charge in [0, 0.05) is 19.0 Å². The number of halogens is 1. The molecule has 0 saturated carbocycles. The van der Waals surface area contributed by atoms with E-state index >= 15 is 0 Å². The topological polar surface area (TPSA) is 102 Å². The molecule has 1 atom stereocenters. The smallest absolute Gasteiger partial charge is 0.348 e. The predicted octanol–water partition coefficient (Wildman–Crippen LogP) is 3.11. The summed E-state index contributed by atoms with van der Waals surface area (Å²) in [7, 11) is -2.51. The Morgan fingerprint density at radius 1 is 1.14 bits per heavy atom. The molecule has 0 aromatic heterocycles. The number of rotatable bonds is 6. The molecule has 0 bridgehead atoms. The highest BCUT2D eigenvalue weighted by Gasteiger charge is 2.39. The molecule has 1 saturated heterocycles. The van der Waals surface area contributed by atoms with E-state index in [0.29, 0.717) is 36.6 Å². The maximum atomic E-state index is 13.5. The molecule has 2 aliphatic rings. The van der Waals surface area contributed by atoms with Crippen LogP contribution in [0.2, 0.25) is 5.02 Å². The van der Waals surface area contributed by atoms with E-state index in [0.717, 1.165) is 0 Å². The molecule has 2 aliphatic heterocycles. The number of hydrogen-bond donors (Lipinski definition) is 0. The number of carbonyl (C=O) groups is 2. The maximum Gasteiger partial charge on any atom is 0.348 e. The summed E-state index contributed by atoms with van der Waals surface area (Å²) >= 11 is 6.19. The summed E-state index contributed by atoms with van der Waals surface area (Å²) in [6.45, 7) is 2.65. The Morgan fingerprint density at radius 3 is 2.51 bits per heavy atom. The number of amides is 1. The van der Waals surface area contributed by atoms with Crippen molar-refractivity contribution in [1.29, 1.82) is 0 Å². The second-order valence-corrected chi connectivity index (χ2v) is 10.6. The van der Waals surface area contributed by atoms with Gasteiger partial charge in [0.2, 0.25) is 22.0 Å². The summed E-state index contributed by atoms with van der Waals surface area (Å²) < 4.78 is 43.6. The first kappa shape index (κ1) is 25.3. The molecule has 2 aromatic carbocycles. The Hall–Kier alpha value is -2.82. The molecular weight excluding hydrogens is 496 g/mol. The van der Waals surface area contributed by atoms with Crippen molar-refractivity contribution in [1.82, 2.24) is 4.31 Å². The SMILES string of the molecule is CCOc1ccc(S(=O)(=O)N2CCC(C(=O)N3CC(C(=O)OC)Oc4ccccc43)CC2)cc1Cl. The summed E-state index contributed by atoms with van der Waals surface area (Å²) in [5, 5.41) is 0.226. The first-order valence-corrected chi connectivity index (χ1v) is 13.2. The highest BCUT2D eigenvalue weighted by molar-refractivity contribution is 7.89. The monoisotopic (exact) mass is 522 g/mol. The van der Waals surface area contributed by atoms with Crippen molar-refractivity contribution < 1.29 is 32.2 Å². The average molecular weight is 523 g/mol. The summed E-state index contributed by atoms with van der Waals surface area (Å²) in [4.78, 5) is 27.2. The molecule has 4 rings (SSSR count). The number of hydrogen-bond acceptors (Lipinski definition) is 7. The molecule has 1 fully saturated rings. The third-order valence-corrected chi connectivity index (χ3v) is 8.34. The van der Waals surface area contributed by atoms with Crippen molar-refractivity contribution >= 4 is 39.2 Å². The lowest BCUT2D eigenvalue weighted by molar-refractivity contribution is -0.148. The van der Waals surface area contributed by atoms with Crippen molar-refractivity contribution in [3.63, 3.8) is 0 Å². The van der Waals surface area contributed by atoms with Crippen LogP contribution in [0.4, 0.5) is 5.69 Å². The summed E-state index contributed by atoms with van der Waals surface area (Å²) in [6.07, 6.45) is -0.222. The second kappa shape index (κ2) is 10.4. The Kier molecular flexibility index (Phi) is 7.53. The van der Waals surface area contributed by atoms with Gasteiger partial charge in [0.15, 0.2) is 0 Å². The molecule has 9 nitrogen and oxygen atoms in total. The lowest BCUT2D eigenvalue weighted by Crippen LogP contribution is -2.51. The molecule has 2 aromatic rings. The van der Waals surface area contributed by atoms with E-state index in [2.05, 4.69) is 0 Å². The number of fused-ring (bicyclic) bond motifs is 1. The Balaban J connectivity index is 1.47. The van der Waals surface area contributed by atoms with Crippen LogP contribution in [0, 0.1) is 5.92 Å². The zero-order valence-corrected chi connectivity index (χ0v) is 21.0. The molecule has 1 unspecified atom stereocenters. The zero-order valence-electron chi connectivity index (χ0n) is 19.5. The van der Waals surface area contributed by atoms with Crippen molar-refractivity contribution in [2.45, 2.75) is 30.8 Å². The lowest BCUT2D eigenvalue weighted by Gasteiger charge is -2.37. The van der Waals surface area contributed by atoms with Crippen LogP contribution in [-0.2, 0) is 24.3 Å². The fraction of sp³-hybridized carbons (Fsp3) is 0.417. The third-order valence-electron chi connectivity index (χ3n) is 6.15. The number of methoxy groups -OCH3 is 1. The van der Waals surface area contributed by atoms with Gasteiger partial charge in [-0.15, -0.1) is 0 Å². The molecule has 11 heteroatoms. The molecule has 188 valence electrons. The van der Waals surface area contributed by atoms with Crippen LogP contribution in [0.1, 0.15) is 19.8 Å². The van der Waals surface area contributed by atoms with Gasteiger partial charge in [-0.05, 0) is 50.1 Å². The average Bonchev–Trinajstić information content (AvgIpc) is 2.88. The highest BCUT2D eigenvalue weighted by Crippen LogP contribution is 2.36. The van der Waals surface area contributed by atoms with E-state index in [-0.39, 0.29) is 35.5 Å². The van der Waals surface area contributed by atoms with Crippen molar-refractivity contribution in [3.8, 4) is 11.5 Å². The van der Waals surface area contributed by atoms with E-state index in [1.165, 1.54) is 23.5 Å². The Labute approximate surface area is 209 Å². The van der Waals surface area contributed by atoms with Crippen LogP contribution < -0.4 is 14.4 Å². The van der Waals surface area contributed by atoms with Crippen molar-refractivity contribution in [3.05, 3.63) is 47.5 Å². The quantitative estimate of drug-likeness (QED) is 0.537. The van der Waals surface area contributed by atoms with Crippen LogP contribution in [0.5, 0.6) is 11.5 Å². The minimum absolute atomic E-state index is 0.0334. The fourth-order valence-corrected chi connectivity index (χ4v) is 6.12. The van der Waals surface area contributed by atoms with Crippen LogP contribution in [-0.4, -0.2) is 64.1 Å². The van der Waals surface area contributed by atoms with E-state index < -0.39 is 28.0 Å². The molecule has 1 amide bonds. The molecule has 0 aliphatic carbocycles. The molecule has 0 radical (unpaired) electrons. The number of ether oxygens (including phenoxy) is 3. The van der Waals surface area contributed by atoms with Gasteiger partial charge in [-0.25, -0.2) is 13.2 Å². The number of nitrogens with zero attached hydrogens (tertiary/aromatic N) is 2. The second-order valence-electron chi connectivity index (χ2n) is 8.25. The number of esters is 1. The van der Waals surface area contributed by atoms with Gasteiger partial charge in [-0.1, -0.05) is 23.7 Å². The van der Waals surface area contributed by atoms with E-state index in [9.17, 15) is 18.0 Å². The van der Waals surface area contributed by atoms with Crippen LogP contribution >= 0.6 is 11.6 Å². The Bertz CT molecular complexity index is 1210. The number of carbonyl (C=O) groups excluding carboxylic acids is 2. The van der Waals surface area contributed by atoms with Crippen LogP contribution in [0.3, 0.4) is 0 Å². The van der Waals surface area contributed by atoms with Crippen LogP contribution in [0.15, 0.2) is 47.4 Å². The third kappa shape index (κ3) is 5.10. The van der Waals surface area contributed by atoms with Gasteiger partial charge in [0.05, 0.1) is 35.9 Å². The standard InChI is InChI=1S/C24H27ClN2O7S/c1-3-33-20-9-8-17(14-18(20)25)35(30,31)26-12-10-16(11-13-26)23(28)27-15-22(24(29)32-2)34-21-7-5-4-6-19(21)27/h4-9,14,16,22H,3,10-13,15H2,1-2H3. The lowest BCUT2D eigenvalue weighted by atomic mass is 9.95. The van der Waals surface area contributed by atoms with E-state index in [4.69, 9.17) is 25.8 Å². The number of piperidine rings is 1. The van der Waals surface area contributed by atoms with Gasteiger partial charge in [-0.2, -0.15) is 4.31 Å². The van der Waals surface area contributed by atoms with E-state index in [1.54, 1.807) is 35.2 Å². The van der Waals surface area contributed by atoms with Gasteiger partial charge in [0.1, 0.15) is 11.5 Å². The largest absolute Gasteiger partial charge is 0.492 e. The summed E-state index contributed by atoms with van der Waals surface area (Å²) in [5.41, 5.74) is 0.580. The highest BCUT2D eigenvalue weighted by atomic mass is 35.5. The molecule has 0 spiro atoms. The molecule has 2 heterocycles. The number of benzene rings is 2. The number of sulfonamides is 1. The van der Waals surface area contributed by atoms with Gasteiger partial charge < -0.3 is 19.1 Å². The molecular formula is C24H27ClN2O7S. The zero-order chi connectivity index (χ0) is 25.2. The summed E-state index contributed by atoms with van der Waals surface area (Å²) in [6, 6.07) is 11.4. The van der Waals surface area contributed by atoms with Crippen molar-refractivity contribution in [2.75, 3.05) is 38.3 Å². The van der Waals surface area contributed by atoms with Crippen LogP contribution in [0.25, 0.3) is 0 Å². The van der Waals surface area contributed by atoms with E-state index in [1.807, 2.05) is 6.92 Å². The first-order valence-electron chi connectivity index (χ1n) is 11.3. The maximum absolute atomic E-state index is 13.5.